The van der Waals surface area contributed by atoms with Gasteiger partial charge in [0.05, 0.1) is 5.56 Å². The minimum Gasteiger partial charge on any atom is -0.228 e. The largest absolute Gasteiger partial charge is 0.228 e. The van der Waals surface area contributed by atoms with Gasteiger partial charge in [0, 0.05) is 11.8 Å². The molecule has 0 aliphatic carbocycles. The molecule has 0 unspecified atom stereocenters. The lowest BCUT2D eigenvalue weighted by Crippen LogP contribution is -2.04. The van der Waals surface area contributed by atoms with E-state index in [-0.39, 0.29) is 0 Å². The number of benzene rings is 1. The number of hydrogen-bond acceptors (Lipinski definition) is 1. The van der Waals surface area contributed by atoms with Crippen molar-refractivity contribution in [2.75, 3.05) is 0 Å². The second-order valence-corrected chi connectivity index (χ2v) is 3.31. The van der Waals surface area contributed by atoms with Crippen LogP contribution in [0.5, 0.6) is 0 Å². The Bertz CT molecular complexity index is 579. The Morgan fingerprint density at radius 3 is 1.61 bits per heavy atom. The zero-order valence-electron chi connectivity index (χ0n) is 8.45. The van der Waals surface area contributed by atoms with Crippen molar-refractivity contribution in [2.45, 2.75) is 0 Å². The molecule has 1 nitrogen and oxygen atoms in total. The molecule has 94 valence electrons. The first-order valence-corrected chi connectivity index (χ1v) is 4.57. The minimum atomic E-state index is -2.25. The van der Waals surface area contributed by atoms with Gasteiger partial charge in [-0.25, -0.2) is 26.9 Å². The molecule has 7 heteroatoms. The van der Waals surface area contributed by atoms with Gasteiger partial charge < -0.3 is 0 Å². The summed E-state index contributed by atoms with van der Waals surface area (Å²) in [5.41, 5.74) is -1.55. The highest BCUT2D eigenvalue weighted by atomic mass is 19.2. The van der Waals surface area contributed by atoms with Gasteiger partial charge in [-0.05, 0) is 12.1 Å². The van der Waals surface area contributed by atoms with Crippen molar-refractivity contribution < 1.29 is 26.3 Å². The average Bonchev–Trinajstić information content (AvgIpc) is 2.36. The molecule has 0 N–H and O–H groups in total. The maximum Gasteiger partial charge on any atom is 0.212 e. The molecule has 2 rings (SSSR count). The Kier molecular flexibility index (Phi) is 2.98. The average molecular weight is 263 g/mol. The molecule has 1 aromatic carbocycles. The normalized spacial score (nSPS) is 10.8. The number of rotatable bonds is 1. The summed E-state index contributed by atoms with van der Waals surface area (Å²) in [7, 11) is 0. The molecular weight excluding hydrogens is 260 g/mol. The third-order valence-electron chi connectivity index (χ3n) is 2.23. The summed E-state index contributed by atoms with van der Waals surface area (Å²) in [6.07, 6.45) is 0.674. The molecule has 0 aliphatic heterocycles. The fourth-order valence-electron chi connectivity index (χ4n) is 1.38. The zero-order chi connectivity index (χ0) is 13.4. The summed E-state index contributed by atoms with van der Waals surface area (Å²) >= 11 is 0. The van der Waals surface area contributed by atoms with Gasteiger partial charge in [-0.2, -0.15) is 4.39 Å². The molecule has 1 aromatic heterocycles. The van der Waals surface area contributed by atoms with Crippen molar-refractivity contribution in [3.05, 3.63) is 53.4 Å². The van der Waals surface area contributed by atoms with Gasteiger partial charge in [0.25, 0.3) is 0 Å². The Morgan fingerprint density at radius 2 is 1.17 bits per heavy atom. The fourth-order valence-corrected chi connectivity index (χ4v) is 1.38. The monoisotopic (exact) mass is 263 g/mol. The summed E-state index contributed by atoms with van der Waals surface area (Å²) in [4.78, 5) is 3.08. The first kappa shape index (κ1) is 12.4. The van der Waals surface area contributed by atoms with E-state index in [0.717, 1.165) is 12.1 Å². The van der Waals surface area contributed by atoms with Crippen molar-refractivity contribution in [1.82, 2.24) is 4.98 Å². The van der Waals surface area contributed by atoms with E-state index in [2.05, 4.69) is 4.98 Å². The Labute approximate surface area is 96.7 Å². The lowest BCUT2D eigenvalue weighted by Gasteiger charge is -2.07. The highest BCUT2D eigenvalue weighted by Crippen LogP contribution is 2.30. The molecule has 0 saturated heterocycles. The summed E-state index contributed by atoms with van der Waals surface area (Å²) in [5.74, 6) is -11.3. The predicted octanol–water partition coefficient (Wildman–Crippen LogP) is 3.58. The predicted molar refractivity (Wildman–Crippen MR) is 49.4 cm³/mol. The molecule has 0 fully saturated rings. The topological polar surface area (TPSA) is 12.9 Å². The van der Waals surface area contributed by atoms with Gasteiger partial charge in [0.1, 0.15) is 0 Å². The Balaban J connectivity index is 2.75. The van der Waals surface area contributed by atoms with E-state index in [1.807, 2.05) is 0 Å². The van der Waals surface area contributed by atoms with Crippen LogP contribution < -0.4 is 0 Å². The molecule has 2 aromatic rings. The molecule has 18 heavy (non-hydrogen) atoms. The van der Waals surface area contributed by atoms with E-state index in [4.69, 9.17) is 0 Å². The van der Waals surface area contributed by atoms with E-state index in [1.54, 1.807) is 0 Å². The van der Waals surface area contributed by atoms with E-state index in [1.165, 1.54) is 0 Å². The lowest BCUT2D eigenvalue weighted by atomic mass is 10.1. The van der Waals surface area contributed by atoms with Gasteiger partial charge in [0.2, 0.25) is 11.8 Å². The molecule has 0 aliphatic rings. The number of aromatic nitrogens is 1. The van der Waals surface area contributed by atoms with E-state index >= 15 is 0 Å². The van der Waals surface area contributed by atoms with Gasteiger partial charge in [-0.1, -0.05) is 0 Å². The quantitative estimate of drug-likeness (QED) is 0.331. The van der Waals surface area contributed by atoms with Crippen molar-refractivity contribution in [1.29, 1.82) is 0 Å². The van der Waals surface area contributed by atoms with Crippen LogP contribution in [0.25, 0.3) is 11.1 Å². The smallest absolute Gasteiger partial charge is 0.212 e. The van der Waals surface area contributed by atoms with Gasteiger partial charge in [-0.15, -0.1) is 0 Å². The van der Waals surface area contributed by atoms with E-state index in [9.17, 15) is 26.3 Å². The van der Waals surface area contributed by atoms with Crippen molar-refractivity contribution in [3.8, 4) is 11.1 Å². The molecule has 0 saturated carbocycles. The first-order valence-electron chi connectivity index (χ1n) is 4.57. The van der Waals surface area contributed by atoms with Crippen LogP contribution in [0, 0.1) is 35.0 Å². The summed E-state index contributed by atoms with van der Waals surface area (Å²) in [6, 6.07) is 1.61. The van der Waals surface area contributed by atoms with Crippen LogP contribution in [0.2, 0.25) is 0 Å². The molecule has 0 amide bonds. The third-order valence-corrected chi connectivity index (χ3v) is 2.23. The van der Waals surface area contributed by atoms with E-state index in [0.29, 0.717) is 6.20 Å². The van der Waals surface area contributed by atoms with Crippen molar-refractivity contribution in [3.63, 3.8) is 0 Å². The van der Waals surface area contributed by atoms with Gasteiger partial charge in [0.15, 0.2) is 23.3 Å². The highest BCUT2D eigenvalue weighted by Gasteiger charge is 2.26. The van der Waals surface area contributed by atoms with Gasteiger partial charge in [-0.3, -0.25) is 0 Å². The van der Waals surface area contributed by atoms with Crippen LogP contribution >= 0.6 is 0 Å². The number of hydrogen-bond donors (Lipinski definition) is 0. The minimum absolute atomic E-state index is 0.413. The molecule has 0 bridgehead atoms. The van der Waals surface area contributed by atoms with Crippen LogP contribution in [0.15, 0.2) is 18.3 Å². The van der Waals surface area contributed by atoms with Crippen LogP contribution in [0.4, 0.5) is 26.3 Å². The molecule has 1 heterocycles. The standard InChI is InChI=1S/C11H3F6N/c12-5-2-1-4(3-18-5)6-7(13)9(15)11(17)10(16)8(6)14/h1-3H. The molecule has 0 atom stereocenters. The molecular formula is C11H3F6N. The maximum absolute atomic E-state index is 13.3. The van der Waals surface area contributed by atoms with Crippen LogP contribution in [-0.4, -0.2) is 4.98 Å². The lowest BCUT2D eigenvalue weighted by molar-refractivity contribution is 0.381. The van der Waals surface area contributed by atoms with Crippen molar-refractivity contribution >= 4 is 0 Å². The first-order chi connectivity index (χ1) is 8.43. The fraction of sp³-hybridized carbons (Fsp3) is 0. The number of halogens is 6. The third kappa shape index (κ3) is 1.81. The second kappa shape index (κ2) is 4.32. The Morgan fingerprint density at radius 1 is 0.667 bits per heavy atom. The summed E-state index contributed by atoms with van der Waals surface area (Å²) in [5, 5.41) is 0. The second-order valence-electron chi connectivity index (χ2n) is 3.31. The number of pyridine rings is 1. The van der Waals surface area contributed by atoms with Crippen molar-refractivity contribution in [2.24, 2.45) is 0 Å². The summed E-state index contributed by atoms with van der Waals surface area (Å²) < 4.78 is 77.8. The van der Waals surface area contributed by atoms with Crippen LogP contribution in [0.1, 0.15) is 0 Å². The van der Waals surface area contributed by atoms with Gasteiger partial charge >= 0.3 is 0 Å². The highest BCUT2D eigenvalue weighted by molar-refractivity contribution is 5.64. The zero-order valence-corrected chi connectivity index (χ0v) is 8.45. The Hall–Kier alpha value is -2.05. The number of nitrogens with zero attached hydrogens (tertiary/aromatic N) is 1. The SMILES string of the molecule is Fc1ccc(-c2c(F)c(F)c(F)c(F)c2F)cn1. The molecule has 0 radical (unpaired) electrons. The van der Waals surface area contributed by atoms with Crippen LogP contribution in [0.3, 0.4) is 0 Å². The molecule has 0 spiro atoms. The maximum atomic E-state index is 13.3. The summed E-state index contributed by atoms with van der Waals surface area (Å²) in [6.45, 7) is 0. The van der Waals surface area contributed by atoms with Crippen LogP contribution in [-0.2, 0) is 0 Å². The van der Waals surface area contributed by atoms with E-state index < -0.39 is 46.2 Å².